The van der Waals surface area contributed by atoms with Crippen molar-refractivity contribution in [2.75, 3.05) is 24.7 Å². The van der Waals surface area contributed by atoms with E-state index in [2.05, 4.69) is 20.1 Å². The molecule has 0 aliphatic heterocycles. The van der Waals surface area contributed by atoms with Crippen LogP contribution in [0.15, 0.2) is 29.2 Å². The summed E-state index contributed by atoms with van der Waals surface area (Å²) in [5, 5.41) is 10.6. The fourth-order valence-electron chi connectivity index (χ4n) is 1.51. The van der Waals surface area contributed by atoms with Crippen LogP contribution in [0.1, 0.15) is 0 Å². The number of ether oxygens (including phenoxy) is 2. The van der Waals surface area contributed by atoms with Crippen LogP contribution in [-0.2, 0) is 10.0 Å². The Morgan fingerprint density at radius 3 is 2.05 bits per heavy atom. The third-order valence-corrected chi connectivity index (χ3v) is 3.88. The number of nitrogens with two attached hydrogens (primary N) is 1. The lowest BCUT2D eigenvalue weighted by Gasteiger charge is -2.12. The number of rotatable bonds is 5. The molecule has 1 aromatic heterocycles. The van der Waals surface area contributed by atoms with Crippen LogP contribution in [0.2, 0.25) is 0 Å². The second kappa shape index (κ2) is 5.79. The summed E-state index contributed by atoms with van der Waals surface area (Å²) in [6, 6.07) is 5.70. The molecule has 0 amide bonds. The summed E-state index contributed by atoms with van der Waals surface area (Å²) >= 11 is 0. The fourth-order valence-corrected chi connectivity index (χ4v) is 2.56. The monoisotopic (exact) mass is 311 g/mol. The topological polar surface area (TPSA) is 129 Å². The largest absolute Gasteiger partial charge is 0.478 e. The normalized spacial score (nSPS) is 11.0. The zero-order valence-electron chi connectivity index (χ0n) is 11.3. The average molecular weight is 311 g/mol. The lowest BCUT2D eigenvalue weighted by Crippen LogP contribution is -2.16. The molecule has 0 fully saturated rings. The van der Waals surface area contributed by atoms with E-state index in [-0.39, 0.29) is 22.3 Å². The van der Waals surface area contributed by atoms with Crippen molar-refractivity contribution < 1.29 is 17.9 Å². The van der Waals surface area contributed by atoms with E-state index in [0.717, 1.165) is 0 Å². The van der Waals surface area contributed by atoms with E-state index in [1.54, 1.807) is 0 Å². The van der Waals surface area contributed by atoms with Gasteiger partial charge in [0.25, 0.3) is 21.8 Å². The molecule has 2 aromatic rings. The van der Waals surface area contributed by atoms with E-state index in [1.165, 1.54) is 38.5 Å². The number of sulfonamides is 1. The van der Waals surface area contributed by atoms with E-state index in [9.17, 15) is 8.42 Å². The van der Waals surface area contributed by atoms with Gasteiger partial charge in [-0.05, 0) is 29.5 Å². The molecular formula is C11H13N5O4S. The zero-order valence-corrected chi connectivity index (χ0v) is 12.1. The number of nitrogens with one attached hydrogen (secondary N) is 1. The summed E-state index contributed by atoms with van der Waals surface area (Å²) in [6.45, 7) is 0. The zero-order chi connectivity index (χ0) is 15.5. The first-order chi connectivity index (χ1) is 9.97. The molecule has 0 aliphatic carbocycles. The minimum absolute atomic E-state index is 0.0256. The molecule has 0 saturated carbocycles. The van der Waals surface area contributed by atoms with Gasteiger partial charge < -0.3 is 15.2 Å². The van der Waals surface area contributed by atoms with Gasteiger partial charge in [-0.15, -0.1) is 0 Å². The van der Waals surface area contributed by atoms with Crippen molar-refractivity contribution in [3.8, 4) is 11.8 Å². The Hall–Kier alpha value is -2.62. The minimum atomic E-state index is -3.87. The number of aromatic nitrogens is 3. The Morgan fingerprint density at radius 1 is 1.05 bits per heavy atom. The second-order valence-electron chi connectivity index (χ2n) is 3.86. The highest BCUT2D eigenvalue weighted by Gasteiger charge is 2.22. The highest BCUT2D eigenvalue weighted by Crippen LogP contribution is 2.31. The summed E-state index contributed by atoms with van der Waals surface area (Å²) in [4.78, 5) is 0.0256. The molecular weight excluding hydrogens is 298 g/mol. The molecule has 0 spiro atoms. The Labute approximate surface area is 121 Å². The lowest BCUT2D eigenvalue weighted by atomic mass is 10.3. The standard InChI is InChI=1S/C11H13N5O4S/c1-19-10-9(11(20-2)14-16-13-10)15-21(17,18)8-5-3-7(12)4-6-8/h3-6H,12H2,1-2H3,(H,15,16). The van der Waals surface area contributed by atoms with Crippen LogP contribution < -0.4 is 19.9 Å². The number of benzene rings is 1. The van der Waals surface area contributed by atoms with Crippen LogP contribution >= 0.6 is 0 Å². The van der Waals surface area contributed by atoms with Gasteiger partial charge in [0.1, 0.15) is 0 Å². The van der Waals surface area contributed by atoms with E-state index in [0.29, 0.717) is 5.69 Å². The van der Waals surface area contributed by atoms with Gasteiger partial charge in [0, 0.05) is 5.69 Å². The summed E-state index contributed by atoms with van der Waals surface area (Å²) < 4.78 is 36.8. The van der Waals surface area contributed by atoms with Crippen LogP contribution in [-0.4, -0.2) is 38.0 Å². The Morgan fingerprint density at radius 2 is 1.57 bits per heavy atom. The minimum Gasteiger partial charge on any atom is -0.478 e. The van der Waals surface area contributed by atoms with Gasteiger partial charge >= 0.3 is 0 Å². The number of anilines is 2. The molecule has 3 N–H and O–H groups in total. The maximum Gasteiger partial charge on any atom is 0.265 e. The van der Waals surface area contributed by atoms with Gasteiger partial charge in [0.05, 0.1) is 19.1 Å². The molecule has 0 radical (unpaired) electrons. The number of hydrogen-bond donors (Lipinski definition) is 2. The average Bonchev–Trinajstić information content (AvgIpc) is 2.47. The molecule has 10 heteroatoms. The Kier molecular flexibility index (Phi) is 4.08. The van der Waals surface area contributed by atoms with Crippen molar-refractivity contribution in [2.24, 2.45) is 0 Å². The summed E-state index contributed by atoms with van der Waals surface area (Å²) in [5.74, 6) is -0.109. The SMILES string of the molecule is COc1nnnc(OC)c1NS(=O)(=O)c1ccc(N)cc1. The lowest BCUT2D eigenvalue weighted by molar-refractivity contribution is 0.363. The number of hydrogen-bond acceptors (Lipinski definition) is 8. The smallest absolute Gasteiger partial charge is 0.265 e. The van der Waals surface area contributed by atoms with Crippen molar-refractivity contribution >= 4 is 21.4 Å². The first-order valence-electron chi connectivity index (χ1n) is 5.67. The van der Waals surface area contributed by atoms with Crippen molar-refractivity contribution in [3.63, 3.8) is 0 Å². The van der Waals surface area contributed by atoms with E-state index in [1.807, 2.05) is 0 Å². The van der Waals surface area contributed by atoms with Crippen LogP contribution in [0.4, 0.5) is 11.4 Å². The second-order valence-corrected chi connectivity index (χ2v) is 5.54. The van der Waals surface area contributed by atoms with Gasteiger partial charge in [-0.1, -0.05) is 10.2 Å². The van der Waals surface area contributed by atoms with Crippen molar-refractivity contribution in [1.82, 2.24) is 15.4 Å². The van der Waals surface area contributed by atoms with Crippen LogP contribution in [0.5, 0.6) is 11.8 Å². The van der Waals surface area contributed by atoms with Crippen LogP contribution in [0, 0.1) is 0 Å². The van der Waals surface area contributed by atoms with E-state index >= 15 is 0 Å². The number of nitrogen functional groups attached to an aromatic ring is 1. The highest BCUT2D eigenvalue weighted by atomic mass is 32.2. The molecule has 0 unspecified atom stereocenters. The quantitative estimate of drug-likeness (QED) is 0.753. The molecule has 112 valence electrons. The summed E-state index contributed by atoms with van der Waals surface area (Å²) in [5.41, 5.74) is 5.95. The third kappa shape index (κ3) is 3.11. The summed E-state index contributed by atoms with van der Waals surface area (Å²) in [7, 11) is -1.22. The Balaban J connectivity index is 2.43. The highest BCUT2D eigenvalue weighted by molar-refractivity contribution is 7.92. The van der Waals surface area contributed by atoms with Crippen molar-refractivity contribution in [3.05, 3.63) is 24.3 Å². The summed E-state index contributed by atoms with van der Waals surface area (Å²) in [6.07, 6.45) is 0. The van der Waals surface area contributed by atoms with Gasteiger partial charge in [-0.3, -0.25) is 4.72 Å². The molecule has 0 aliphatic rings. The molecule has 0 atom stereocenters. The molecule has 21 heavy (non-hydrogen) atoms. The van der Waals surface area contributed by atoms with Gasteiger partial charge in [-0.25, -0.2) is 8.42 Å². The van der Waals surface area contributed by atoms with E-state index in [4.69, 9.17) is 15.2 Å². The first kappa shape index (κ1) is 14.8. The third-order valence-electron chi connectivity index (χ3n) is 2.51. The molecule has 0 saturated heterocycles. The predicted octanol–water partition coefficient (Wildman–Crippen LogP) is 0.272. The molecule has 9 nitrogen and oxygen atoms in total. The molecule has 2 rings (SSSR count). The number of methoxy groups -OCH3 is 2. The molecule has 1 heterocycles. The fraction of sp³-hybridized carbons (Fsp3) is 0.182. The van der Waals surface area contributed by atoms with Crippen molar-refractivity contribution in [1.29, 1.82) is 0 Å². The van der Waals surface area contributed by atoms with Gasteiger partial charge in [0.15, 0.2) is 5.69 Å². The Bertz CT molecular complexity index is 711. The van der Waals surface area contributed by atoms with Crippen LogP contribution in [0.3, 0.4) is 0 Å². The van der Waals surface area contributed by atoms with Crippen molar-refractivity contribution in [2.45, 2.75) is 4.90 Å². The predicted molar refractivity (Wildman–Crippen MR) is 74.6 cm³/mol. The first-order valence-corrected chi connectivity index (χ1v) is 7.16. The maximum absolute atomic E-state index is 12.3. The maximum atomic E-state index is 12.3. The van der Waals surface area contributed by atoms with Gasteiger partial charge in [0.2, 0.25) is 0 Å². The molecule has 0 bridgehead atoms. The van der Waals surface area contributed by atoms with E-state index < -0.39 is 10.0 Å². The van der Waals surface area contributed by atoms with Gasteiger partial charge in [-0.2, -0.15) is 0 Å². The van der Waals surface area contributed by atoms with Crippen LogP contribution in [0.25, 0.3) is 0 Å². The molecule has 1 aromatic carbocycles. The number of nitrogens with zero attached hydrogens (tertiary/aromatic N) is 3.